The molecule has 2 aromatic heterocycles. The van der Waals surface area contributed by atoms with Gasteiger partial charge >= 0.3 is 0 Å². The maximum atomic E-state index is 14.3. The van der Waals surface area contributed by atoms with Gasteiger partial charge in [-0.3, -0.25) is 23.7 Å². The fraction of sp³-hybridized carbons (Fsp3) is 0.115. The average molecular weight is 666 g/mol. The summed E-state index contributed by atoms with van der Waals surface area (Å²) in [5, 5.41) is 2.78. The minimum atomic E-state index is -4.02. The molecule has 39 heavy (non-hydrogen) atoms. The van der Waals surface area contributed by atoms with Crippen molar-refractivity contribution in [1.29, 1.82) is 0 Å². The molecular formula is C26H24FIN4O6S. The molecule has 0 radical (unpaired) electrons. The zero-order chi connectivity index (χ0) is 28.9. The van der Waals surface area contributed by atoms with Crippen LogP contribution in [0.1, 0.15) is 21.6 Å². The van der Waals surface area contributed by atoms with Crippen LogP contribution in [0.25, 0.3) is 0 Å². The SMILES string of the molecule is Cc1ccc(Oc2cc(=O)n(C)c(Nc3ccc(I)cc3F)c2C(N)=O)cn1.Cc1ccc(S(=O)(=O)O)cc1. The molecule has 0 saturated carbocycles. The first-order valence-electron chi connectivity index (χ1n) is 11.2. The van der Waals surface area contributed by atoms with Crippen molar-refractivity contribution in [2.45, 2.75) is 18.7 Å². The number of nitrogens with two attached hydrogens (primary N) is 1. The Bertz CT molecular complexity index is 1670. The predicted molar refractivity (Wildman–Crippen MR) is 153 cm³/mol. The Labute approximate surface area is 237 Å². The molecule has 0 saturated heterocycles. The molecule has 0 spiro atoms. The van der Waals surface area contributed by atoms with E-state index in [2.05, 4.69) is 10.3 Å². The number of pyridine rings is 2. The number of anilines is 2. The van der Waals surface area contributed by atoms with E-state index in [9.17, 15) is 22.4 Å². The van der Waals surface area contributed by atoms with Gasteiger partial charge in [-0.1, -0.05) is 17.7 Å². The highest BCUT2D eigenvalue weighted by atomic mass is 127. The molecule has 1 amide bonds. The van der Waals surface area contributed by atoms with Gasteiger partial charge in [0, 0.05) is 22.4 Å². The van der Waals surface area contributed by atoms with Crippen molar-refractivity contribution in [3.63, 3.8) is 0 Å². The number of ether oxygens (including phenoxy) is 1. The Hall–Kier alpha value is -3.82. The summed E-state index contributed by atoms with van der Waals surface area (Å²) in [6, 6.07) is 15.0. The lowest BCUT2D eigenvalue weighted by Crippen LogP contribution is -2.25. The molecule has 0 unspecified atom stereocenters. The third-order valence-corrected chi connectivity index (χ3v) is 6.80. The Balaban J connectivity index is 0.000000320. The Morgan fingerprint density at radius 1 is 1.10 bits per heavy atom. The van der Waals surface area contributed by atoms with E-state index < -0.39 is 27.4 Å². The summed E-state index contributed by atoms with van der Waals surface area (Å²) in [7, 11) is -2.58. The van der Waals surface area contributed by atoms with Crippen LogP contribution in [0.15, 0.2) is 76.6 Å². The van der Waals surface area contributed by atoms with E-state index in [1.807, 2.05) is 36.4 Å². The number of aryl methyl sites for hydroxylation is 2. The Morgan fingerprint density at radius 2 is 1.77 bits per heavy atom. The zero-order valence-electron chi connectivity index (χ0n) is 21.0. The number of amides is 1. The quantitative estimate of drug-likeness (QED) is 0.198. The van der Waals surface area contributed by atoms with Crippen LogP contribution in [-0.2, 0) is 17.2 Å². The number of nitrogens with one attached hydrogen (secondary N) is 1. The number of benzene rings is 2. The van der Waals surface area contributed by atoms with Crippen LogP contribution in [0.3, 0.4) is 0 Å². The summed E-state index contributed by atoms with van der Waals surface area (Å²) in [5.41, 5.74) is 6.82. The van der Waals surface area contributed by atoms with Crippen LogP contribution in [0.2, 0.25) is 0 Å². The molecule has 0 bridgehead atoms. The number of aromatic nitrogens is 2. The van der Waals surface area contributed by atoms with Crippen molar-refractivity contribution >= 4 is 50.1 Å². The molecule has 2 heterocycles. The van der Waals surface area contributed by atoms with Crippen LogP contribution in [-0.4, -0.2) is 28.4 Å². The highest BCUT2D eigenvalue weighted by Crippen LogP contribution is 2.31. The zero-order valence-corrected chi connectivity index (χ0v) is 23.9. The number of primary amides is 1. The maximum Gasteiger partial charge on any atom is 0.294 e. The van der Waals surface area contributed by atoms with E-state index in [4.69, 9.17) is 15.0 Å². The lowest BCUT2D eigenvalue weighted by atomic mass is 10.2. The van der Waals surface area contributed by atoms with Crippen molar-refractivity contribution in [2.75, 3.05) is 5.32 Å². The summed E-state index contributed by atoms with van der Waals surface area (Å²) < 4.78 is 51.4. The van der Waals surface area contributed by atoms with Gasteiger partial charge in [-0.05, 0) is 78.9 Å². The van der Waals surface area contributed by atoms with Gasteiger partial charge in [0.1, 0.15) is 28.7 Å². The normalized spacial score (nSPS) is 10.8. The average Bonchev–Trinajstić information content (AvgIpc) is 2.85. The van der Waals surface area contributed by atoms with E-state index >= 15 is 0 Å². The number of rotatable bonds is 6. The molecule has 0 fully saturated rings. The molecule has 4 N–H and O–H groups in total. The predicted octanol–water partition coefficient (Wildman–Crippen LogP) is 4.71. The van der Waals surface area contributed by atoms with Gasteiger partial charge in [0.25, 0.3) is 21.6 Å². The number of nitrogens with zero attached hydrogens (tertiary/aromatic N) is 2. The van der Waals surface area contributed by atoms with Gasteiger partial charge in [-0.2, -0.15) is 8.42 Å². The fourth-order valence-electron chi connectivity index (χ4n) is 3.21. The van der Waals surface area contributed by atoms with Crippen LogP contribution >= 0.6 is 22.6 Å². The molecule has 2 aromatic carbocycles. The van der Waals surface area contributed by atoms with Gasteiger partial charge in [0.05, 0.1) is 16.8 Å². The molecule has 0 aliphatic rings. The van der Waals surface area contributed by atoms with Gasteiger partial charge < -0.3 is 15.8 Å². The monoisotopic (exact) mass is 666 g/mol. The first-order chi connectivity index (χ1) is 18.3. The standard InChI is InChI=1S/C19H16FIN4O3.C7H8O3S/c1-10-3-5-12(9-23-10)28-15-8-16(26)25(2)19(17(15)18(22)27)24-14-6-4-11(21)7-13(14)20;1-6-2-4-7(5-3-6)11(8,9)10/h3-9,24H,1-2H3,(H2,22,27);2-5H,1H3,(H,8,9,10). The molecular weight excluding hydrogens is 642 g/mol. The van der Waals surface area contributed by atoms with Crippen LogP contribution in [0.4, 0.5) is 15.9 Å². The molecule has 204 valence electrons. The number of carbonyl (C=O) groups is 1. The topological polar surface area (TPSA) is 154 Å². The molecule has 0 aliphatic carbocycles. The van der Waals surface area contributed by atoms with Gasteiger partial charge in [-0.25, -0.2) is 4.39 Å². The van der Waals surface area contributed by atoms with E-state index in [1.165, 1.54) is 37.5 Å². The van der Waals surface area contributed by atoms with Gasteiger partial charge in [0.2, 0.25) is 0 Å². The van der Waals surface area contributed by atoms with E-state index in [-0.39, 0.29) is 27.7 Å². The molecule has 4 aromatic rings. The smallest absolute Gasteiger partial charge is 0.294 e. The lowest BCUT2D eigenvalue weighted by molar-refractivity contribution is 0.0998. The Kier molecular flexibility index (Phi) is 9.42. The minimum absolute atomic E-state index is 0.0233. The largest absolute Gasteiger partial charge is 0.455 e. The fourth-order valence-corrected chi connectivity index (χ4v) is 4.14. The third kappa shape index (κ3) is 7.84. The molecule has 0 aliphatic heterocycles. The second-order valence-corrected chi connectivity index (χ2v) is 10.9. The highest BCUT2D eigenvalue weighted by molar-refractivity contribution is 14.1. The minimum Gasteiger partial charge on any atom is -0.455 e. The van der Waals surface area contributed by atoms with Crippen molar-refractivity contribution in [3.8, 4) is 11.5 Å². The number of carbonyl (C=O) groups excluding carboxylic acids is 1. The van der Waals surface area contributed by atoms with E-state index in [0.717, 1.165) is 21.9 Å². The summed E-state index contributed by atoms with van der Waals surface area (Å²) in [6.45, 7) is 3.66. The number of halogens is 2. The van der Waals surface area contributed by atoms with Crippen LogP contribution in [0, 0.1) is 23.2 Å². The van der Waals surface area contributed by atoms with E-state index in [1.54, 1.807) is 30.3 Å². The van der Waals surface area contributed by atoms with Gasteiger partial charge in [-0.15, -0.1) is 0 Å². The van der Waals surface area contributed by atoms with Crippen molar-refractivity contribution in [3.05, 3.63) is 103 Å². The van der Waals surface area contributed by atoms with Crippen molar-refractivity contribution in [1.82, 2.24) is 9.55 Å². The van der Waals surface area contributed by atoms with Crippen molar-refractivity contribution < 1.29 is 26.9 Å². The van der Waals surface area contributed by atoms with Crippen LogP contribution in [0.5, 0.6) is 11.5 Å². The number of hydrogen-bond donors (Lipinski definition) is 3. The summed E-state index contributed by atoms with van der Waals surface area (Å²) in [4.78, 5) is 28.6. The third-order valence-electron chi connectivity index (χ3n) is 5.27. The van der Waals surface area contributed by atoms with Crippen molar-refractivity contribution in [2.24, 2.45) is 12.8 Å². The summed E-state index contributed by atoms with van der Waals surface area (Å²) in [5.74, 6) is -1.07. The molecule has 13 heteroatoms. The van der Waals surface area contributed by atoms with E-state index in [0.29, 0.717) is 9.32 Å². The Morgan fingerprint density at radius 3 is 2.31 bits per heavy atom. The first kappa shape index (κ1) is 29.7. The molecule has 4 rings (SSSR count). The second kappa shape index (κ2) is 12.4. The number of hydrogen-bond acceptors (Lipinski definition) is 7. The highest BCUT2D eigenvalue weighted by Gasteiger charge is 2.21. The molecule has 0 atom stereocenters. The maximum absolute atomic E-state index is 14.3. The van der Waals surface area contributed by atoms with Crippen LogP contribution < -0.4 is 21.3 Å². The first-order valence-corrected chi connectivity index (χ1v) is 13.7. The van der Waals surface area contributed by atoms with Gasteiger partial charge in [0.15, 0.2) is 0 Å². The lowest BCUT2D eigenvalue weighted by Gasteiger charge is -2.18. The summed E-state index contributed by atoms with van der Waals surface area (Å²) >= 11 is 1.98. The second-order valence-electron chi connectivity index (χ2n) is 8.27. The summed E-state index contributed by atoms with van der Waals surface area (Å²) in [6.07, 6.45) is 1.46. The molecule has 10 nitrogen and oxygen atoms in total.